The summed E-state index contributed by atoms with van der Waals surface area (Å²) in [4.78, 5) is 18.2. The number of Topliss-reactive ketones (excluding diaryl/α,β-unsaturated/α-hetero) is 1. The molecule has 3 heterocycles. The van der Waals surface area contributed by atoms with Gasteiger partial charge in [0.25, 0.3) is 0 Å². The highest BCUT2D eigenvalue weighted by Crippen LogP contribution is 2.31. The molecule has 0 aromatic carbocycles. The molecule has 1 aliphatic rings. The van der Waals surface area contributed by atoms with Crippen LogP contribution in [0, 0.1) is 0 Å². The average Bonchev–Trinajstić information content (AvgIpc) is 3.15. The Labute approximate surface area is 137 Å². The van der Waals surface area contributed by atoms with Crippen LogP contribution in [0.15, 0.2) is 30.7 Å². The molecule has 0 saturated carbocycles. The standard InChI is InChI=1S/C16H17F3N4O/c1-22-10-11(8-21-22)14(24)7-13-3-2-6-23(13)15-5-4-12(9-20-15)16(17,18)19/h4-5,8-10,13H,2-3,6-7H2,1H3/t13-/m1/s1. The number of hydrogen-bond donors (Lipinski definition) is 0. The van der Waals surface area contributed by atoms with E-state index in [1.165, 1.54) is 12.3 Å². The van der Waals surface area contributed by atoms with E-state index in [1.807, 2.05) is 4.90 Å². The number of hydrogen-bond acceptors (Lipinski definition) is 4. The molecule has 1 saturated heterocycles. The highest BCUT2D eigenvalue weighted by molar-refractivity contribution is 5.96. The third kappa shape index (κ3) is 3.42. The smallest absolute Gasteiger partial charge is 0.353 e. The molecule has 0 bridgehead atoms. The zero-order valence-electron chi connectivity index (χ0n) is 13.1. The first kappa shape index (κ1) is 16.5. The molecular weight excluding hydrogens is 321 g/mol. The van der Waals surface area contributed by atoms with Crippen LogP contribution < -0.4 is 4.90 Å². The molecule has 0 radical (unpaired) electrons. The molecule has 24 heavy (non-hydrogen) atoms. The number of carbonyl (C=O) groups excluding carboxylic acids is 1. The number of aromatic nitrogens is 3. The average molecular weight is 338 g/mol. The normalized spacial score (nSPS) is 18.2. The van der Waals surface area contributed by atoms with Crippen LogP contribution in [-0.4, -0.2) is 33.1 Å². The largest absolute Gasteiger partial charge is 0.417 e. The maximum atomic E-state index is 12.6. The Balaban J connectivity index is 1.72. The summed E-state index contributed by atoms with van der Waals surface area (Å²) in [6.45, 7) is 0.684. The van der Waals surface area contributed by atoms with Crippen molar-refractivity contribution in [3.63, 3.8) is 0 Å². The fraction of sp³-hybridized carbons (Fsp3) is 0.438. The summed E-state index contributed by atoms with van der Waals surface area (Å²) in [5, 5.41) is 3.99. The van der Waals surface area contributed by atoms with E-state index in [0.29, 0.717) is 24.3 Å². The van der Waals surface area contributed by atoms with Gasteiger partial charge >= 0.3 is 6.18 Å². The molecule has 2 aromatic rings. The van der Waals surface area contributed by atoms with Gasteiger partial charge in [-0.15, -0.1) is 0 Å². The zero-order chi connectivity index (χ0) is 17.3. The van der Waals surface area contributed by atoms with Gasteiger partial charge in [0.15, 0.2) is 5.78 Å². The summed E-state index contributed by atoms with van der Waals surface area (Å²) in [7, 11) is 1.74. The lowest BCUT2D eigenvalue weighted by molar-refractivity contribution is -0.137. The predicted octanol–water partition coefficient (Wildman–Crippen LogP) is 3.08. The van der Waals surface area contributed by atoms with Crippen molar-refractivity contribution in [2.24, 2.45) is 7.05 Å². The fourth-order valence-electron chi connectivity index (χ4n) is 2.97. The van der Waals surface area contributed by atoms with Gasteiger partial charge in [0.1, 0.15) is 5.82 Å². The minimum absolute atomic E-state index is 0.0214. The Kier molecular flexibility index (Phi) is 4.29. The van der Waals surface area contributed by atoms with Gasteiger partial charge < -0.3 is 4.90 Å². The van der Waals surface area contributed by atoms with Crippen molar-refractivity contribution in [2.75, 3.05) is 11.4 Å². The van der Waals surface area contributed by atoms with Gasteiger partial charge in [-0.3, -0.25) is 9.48 Å². The Morgan fingerprint density at radius 2 is 2.12 bits per heavy atom. The summed E-state index contributed by atoms with van der Waals surface area (Å²) in [5.74, 6) is 0.455. The lowest BCUT2D eigenvalue weighted by Gasteiger charge is -2.25. The van der Waals surface area contributed by atoms with E-state index in [-0.39, 0.29) is 11.8 Å². The third-order valence-electron chi connectivity index (χ3n) is 4.19. The van der Waals surface area contributed by atoms with Crippen LogP contribution in [0.3, 0.4) is 0 Å². The van der Waals surface area contributed by atoms with Gasteiger partial charge in [-0.25, -0.2) is 4.98 Å². The first-order valence-corrected chi connectivity index (χ1v) is 7.66. The Morgan fingerprint density at radius 3 is 2.71 bits per heavy atom. The number of alkyl halides is 3. The van der Waals surface area contributed by atoms with Crippen LogP contribution in [0.25, 0.3) is 0 Å². The molecule has 0 amide bonds. The Hall–Kier alpha value is -2.38. The number of aryl methyl sites for hydroxylation is 1. The van der Waals surface area contributed by atoms with Gasteiger partial charge in [0, 0.05) is 38.4 Å². The monoisotopic (exact) mass is 338 g/mol. The number of nitrogens with zero attached hydrogens (tertiary/aromatic N) is 4. The molecule has 1 atom stereocenters. The van der Waals surface area contributed by atoms with E-state index in [9.17, 15) is 18.0 Å². The topological polar surface area (TPSA) is 51.0 Å². The van der Waals surface area contributed by atoms with Crippen LogP contribution in [0.2, 0.25) is 0 Å². The van der Waals surface area contributed by atoms with Crippen molar-refractivity contribution in [3.05, 3.63) is 41.9 Å². The van der Waals surface area contributed by atoms with E-state index >= 15 is 0 Å². The summed E-state index contributed by atoms with van der Waals surface area (Å²) in [6.07, 6.45) is 1.63. The van der Waals surface area contributed by atoms with E-state index in [0.717, 1.165) is 25.1 Å². The minimum Gasteiger partial charge on any atom is -0.353 e. The van der Waals surface area contributed by atoms with Crippen LogP contribution >= 0.6 is 0 Å². The molecule has 0 unspecified atom stereocenters. The van der Waals surface area contributed by atoms with Crippen LogP contribution in [-0.2, 0) is 13.2 Å². The summed E-state index contributed by atoms with van der Waals surface area (Å²) in [5.41, 5.74) is -0.224. The number of carbonyl (C=O) groups is 1. The van der Waals surface area contributed by atoms with E-state index in [4.69, 9.17) is 0 Å². The first-order chi connectivity index (χ1) is 11.3. The molecule has 2 aromatic heterocycles. The number of pyridine rings is 1. The van der Waals surface area contributed by atoms with E-state index in [2.05, 4.69) is 10.1 Å². The number of halogens is 3. The number of anilines is 1. The first-order valence-electron chi connectivity index (χ1n) is 7.66. The Morgan fingerprint density at radius 1 is 1.33 bits per heavy atom. The van der Waals surface area contributed by atoms with Crippen LogP contribution in [0.4, 0.5) is 19.0 Å². The number of ketones is 1. The van der Waals surface area contributed by atoms with E-state index in [1.54, 1.807) is 17.9 Å². The highest BCUT2D eigenvalue weighted by Gasteiger charge is 2.32. The van der Waals surface area contributed by atoms with E-state index < -0.39 is 11.7 Å². The van der Waals surface area contributed by atoms with Crippen LogP contribution in [0.5, 0.6) is 0 Å². The molecule has 5 nitrogen and oxygen atoms in total. The lowest BCUT2D eigenvalue weighted by Crippen LogP contribution is -2.32. The van der Waals surface area contributed by atoms with Crippen molar-refractivity contribution in [1.29, 1.82) is 0 Å². The second-order valence-corrected chi connectivity index (χ2v) is 5.92. The predicted molar refractivity (Wildman–Crippen MR) is 81.8 cm³/mol. The van der Waals surface area contributed by atoms with Crippen molar-refractivity contribution < 1.29 is 18.0 Å². The molecular formula is C16H17F3N4O. The van der Waals surface area contributed by atoms with Gasteiger partial charge in [0.05, 0.1) is 17.3 Å². The second kappa shape index (κ2) is 6.26. The molecule has 1 aliphatic heterocycles. The van der Waals surface area contributed by atoms with Crippen molar-refractivity contribution in [2.45, 2.75) is 31.5 Å². The summed E-state index contributed by atoms with van der Waals surface area (Å²) < 4.78 is 39.5. The molecule has 1 fully saturated rings. The van der Waals surface area contributed by atoms with Crippen molar-refractivity contribution >= 4 is 11.6 Å². The zero-order valence-corrected chi connectivity index (χ0v) is 13.1. The third-order valence-corrected chi connectivity index (χ3v) is 4.19. The number of rotatable bonds is 4. The lowest BCUT2D eigenvalue weighted by atomic mass is 10.0. The van der Waals surface area contributed by atoms with Gasteiger partial charge in [-0.2, -0.15) is 18.3 Å². The highest BCUT2D eigenvalue weighted by atomic mass is 19.4. The summed E-state index contributed by atoms with van der Waals surface area (Å²) in [6, 6.07) is 2.35. The molecule has 128 valence electrons. The summed E-state index contributed by atoms with van der Waals surface area (Å²) >= 11 is 0. The van der Waals surface area contributed by atoms with Crippen molar-refractivity contribution in [3.8, 4) is 0 Å². The van der Waals surface area contributed by atoms with Crippen molar-refractivity contribution in [1.82, 2.24) is 14.8 Å². The molecule has 3 rings (SSSR count). The maximum Gasteiger partial charge on any atom is 0.417 e. The van der Waals surface area contributed by atoms with Crippen LogP contribution in [0.1, 0.15) is 35.2 Å². The van der Waals surface area contributed by atoms with Gasteiger partial charge in [0.2, 0.25) is 0 Å². The minimum atomic E-state index is -4.40. The quantitative estimate of drug-likeness (QED) is 0.804. The Bertz CT molecular complexity index is 724. The molecule has 0 spiro atoms. The SMILES string of the molecule is Cn1cc(C(=O)C[C@H]2CCCN2c2ccc(C(F)(F)F)cn2)cn1. The second-order valence-electron chi connectivity index (χ2n) is 5.92. The fourth-order valence-corrected chi connectivity index (χ4v) is 2.97. The van der Waals surface area contributed by atoms with Gasteiger partial charge in [-0.05, 0) is 25.0 Å². The van der Waals surface area contributed by atoms with Gasteiger partial charge in [-0.1, -0.05) is 0 Å². The maximum absolute atomic E-state index is 12.6. The molecule has 0 aliphatic carbocycles. The molecule has 0 N–H and O–H groups in total. The molecule has 8 heteroatoms.